The normalized spacial score (nSPS) is 13.6. The molecule has 0 radical (unpaired) electrons. The Bertz CT molecular complexity index is 281. The maximum Gasteiger partial charge on any atom is 0.0491 e. The van der Waals surface area contributed by atoms with Gasteiger partial charge in [-0.2, -0.15) is 0 Å². The van der Waals surface area contributed by atoms with Crippen molar-refractivity contribution in [3.63, 3.8) is 0 Å². The van der Waals surface area contributed by atoms with Gasteiger partial charge in [0.1, 0.15) is 0 Å². The monoisotopic (exact) mass is 430 g/mol. The summed E-state index contributed by atoms with van der Waals surface area (Å²) in [6.07, 6.45) is 14.3. The van der Waals surface area contributed by atoms with E-state index in [4.69, 9.17) is 18.9 Å². The van der Waals surface area contributed by atoms with Crippen LogP contribution in [0.5, 0.6) is 0 Å². The molecule has 0 saturated carbocycles. The molecule has 0 aliphatic rings. The maximum atomic E-state index is 5.75. The van der Waals surface area contributed by atoms with Crippen LogP contribution in [0.1, 0.15) is 105 Å². The molecule has 2 atom stereocenters. The van der Waals surface area contributed by atoms with Crippen molar-refractivity contribution in [3.8, 4) is 0 Å². The molecule has 2 unspecified atom stereocenters. The van der Waals surface area contributed by atoms with Crippen LogP contribution in [-0.4, -0.2) is 52.9 Å². The zero-order valence-corrected chi connectivity index (χ0v) is 20.9. The van der Waals surface area contributed by atoms with Crippen molar-refractivity contribution < 1.29 is 18.9 Å². The molecule has 0 fully saturated rings. The molecule has 30 heavy (non-hydrogen) atoms. The van der Waals surface area contributed by atoms with Crippen molar-refractivity contribution in [3.05, 3.63) is 0 Å². The zero-order chi connectivity index (χ0) is 22.1. The van der Waals surface area contributed by atoms with Gasteiger partial charge in [0.25, 0.3) is 0 Å². The molecule has 0 spiro atoms. The summed E-state index contributed by atoms with van der Waals surface area (Å²) in [6.45, 7) is 16.0. The topological polar surface area (TPSA) is 36.9 Å². The van der Waals surface area contributed by atoms with E-state index in [1.54, 1.807) is 0 Å². The molecular weight excluding hydrogens is 376 g/mol. The van der Waals surface area contributed by atoms with E-state index in [-0.39, 0.29) is 0 Å². The lowest BCUT2D eigenvalue weighted by atomic mass is 10.1. The molecule has 4 heteroatoms. The highest BCUT2D eigenvalue weighted by Gasteiger charge is 2.02. The molecule has 0 aliphatic carbocycles. The quantitative estimate of drug-likeness (QED) is 0.145. The fourth-order valence-corrected chi connectivity index (χ4v) is 3.27. The lowest BCUT2D eigenvalue weighted by Gasteiger charge is -2.11. The third kappa shape index (κ3) is 24.1. The van der Waals surface area contributed by atoms with E-state index >= 15 is 0 Å². The summed E-state index contributed by atoms with van der Waals surface area (Å²) in [5, 5.41) is 0. The average Bonchev–Trinajstić information content (AvgIpc) is 2.75. The van der Waals surface area contributed by atoms with Crippen LogP contribution in [0.2, 0.25) is 0 Å². The van der Waals surface area contributed by atoms with Crippen LogP contribution in [0.3, 0.4) is 0 Å². The zero-order valence-electron chi connectivity index (χ0n) is 20.9. The minimum absolute atomic E-state index is 0.695. The Balaban J connectivity index is 3.10. The molecule has 0 N–H and O–H groups in total. The van der Waals surface area contributed by atoms with Gasteiger partial charge in [0.2, 0.25) is 0 Å². The van der Waals surface area contributed by atoms with Crippen molar-refractivity contribution in [1.29, 1.82) is 0 Å². The fourth-order valence-electron chi connectivity index (χ4n) is 3.27. The summed E-state index contributed by atoms with van der Waals surface area (Å²) >= 11 is 0. The summed E-state index contributed by atoms with van der Waals surface area (Å²) in [4.78, 5) is 0. The SMILES string of the molecule is CCCCC(C)COCCCCOCCCCOCCCCOCC(C)CCCC. The molecule has 0 bridgehead atoms. The van der Waals surface area contributed by atoms with Gasteiger partial charge in [-0.05, 0) is 63.2 Å². The van der Waals surface area contributed by atoms with Gasteiger partial charge in [0.05, 0.1) is 0 Å². The highest BCUT2D eigenvalue weighted by Crippen LogP contribution is 2.09. The van der Waals surface area contributed by atoms with Crippen LogP contribution in [-0.2, 0) is 18.9 Å². The second kappa shape index (κ2) is 25.1. The molecule has 0 saturated heterocycles. The van der Waals surface area contributed by atoms with Gasteiger partial charge < -0.3 is 18.9 Å². The summed E-state index contributed by atoms with van der Waals surface area (Å²) in [5.74, 6) is 1.39. The Morgan fingerprint density at radius 1 is 0.433 bits per heavy atom. The van der Waals surface area contributed by atoms with Crippen molar-refractivity contribution in [2.45, 2.75) is 105 Å². The van der Waals surface area contributed by atoms with E-state index in [9.17, 15) is 0 Å². The second-order valence-corrected chi connectivity index (χ2v) is 8.99. The molecule has 0 amide bonds. The molecule has 0 aromatic carbocycles. The first kappa shape index (κ1) is 29.8. The second-order valence-electron chi connectivity index (χ2n) is 8.99. The molecule has 0 rings (SSSR count). The number of ether oxygens (including phenoxy) is 4. The average molecular weight is 431 g/mol. The molecule has 4 nitrogen and oxygen atoms in total. The smallest absolute Gasteiger partial charge is 0.0491 e. The highest BCUT2D eigenvalue weighted by molar-refractivity contribution is 4.52. The Hall–Kier alpha value is -0.160. The first-order valence-electron chi connectivity index (χ1n) is 13.0. The van der Waals surface area contributed by atoms with Gasteiger partial charge in [-0.3, -0.25) is 0 Å². The highest BCUT2D eigenvalue weighted by atomic mass is 16.5. The minimum atomic E-state index is 0.695. The van der Waals surface area contributed by atoms with Crippen LogP contribution in [0.25, 0.3) is 0 Å². The molecule has 0 heterocycles. The van der Waals surface area contributed by atoms with Crippen LogP contribution in [0.4, 0.5) is 0 Å². The standard InChI is InChI=1S/C26H54O4/c1-5-7-15-25(3)23-29-21-13-11-19-27-17-9-10-18-28-20-12-14-22-30-24-26(4)16-8-6-2/h25-26H,5-24H2,1-4H3. The summed E-state index contributed by atoms with van der Waals surface area (Å²) < 4.78 is 22.9. The van der Waals surface area contributed by atoms with E-state index in [1.165, 1.54) is 38.5 Å². The molecule has 0 aliphatic heterocycles. The first-order valence-corrected chi connectivity index (χ1v) is 13.0. The number of rotatable bonds is 25. The predicted octanol–water partition coefficient (Wildman–Crippen LogP) is 7.05. The van der Waals surface area contributed by atoms with E-state index in [0.29, 0.717) is 11.8 Å². The largest absolute Gasteiger partial charge is 0.381 e. The predicted molar refractivity (Wildman–Crippen MR) is 128 cm³/mol. The van der Waals surface area contributed by atoms with Gasteiger partial charge in [0.15, 0.2) is 0 Å². The van der Waals surface area contributed by atoms with Crippen LogP contribution in [0, 0.1) is 11.8 Å². The molecular formula is C26H54O4. The lowest BCUT2D eigenvalue weighted by molar-refractivity contribution is 0.0748. The summed E-state index contributed by atoms with van der Waals surface area (Å²) in [7, 11) is 0. The fraction of sp³-hybridized carbons (Fsp3) is 1.00. The van der Waals surface area contributed by atoms with Crippen LogP contribution >= 0.6 is 0 Å². The van der Waals surface area contributed by atoms with Gasteiger partial charge in [-0.15, -0.1) is 0 Å². The van der Waals surface area contributed by atoms with Crippen molar-refractivity contribution in [2.24, 2.45) is 11.8 Å². The van der Waals surface area contributed by atoms with Gasteiger partial charge in [-0.1, -0.05) is 53.4 Å². The third-order valence-corrected chi connectivity index (χ3v) is 5.39. The first-order chi connectivity index (χ1) is 14.7. The number of hydrogen-bond donors (Lipinski definition) is 0. The minimum Gasteiger partial charge on any atom is -0.381 e. The van der Waals surface area contributed by atoms with Crippen molar-refractivity contribution in [1.82, 2.24) is 0 Å². The molecule has 0 aromatic rings. The van der Waals surface area contributed by atoms with E-state index in [1.807, 2.05) is 0 Å². The Labute approximate surface area is 188 Å². The third-order valence-electron chi connectivity index (χ3n) is 5.39. The molecule has 182 valence electrons. The number of unbranched alkanes of at least 4 members (excludes halogenated alkanes) is 5. The number of hydrogen-bond acceptors (Lipinski definition) is 4. The van der Waals surface area contributed by atoms with E-state index in [0.717, 1.165) is 91.4 Å². The maximum absolute atomic E-state index is 5.75. The van der Waals surface area contributed by atoms with E-state index in [2.05, 4.69) is 27.7 Å². The van der Waals surface area contributed by atoms with Gasteiger partial charge in [0, 0.05) is 52.9 Å². The van der Waals surface area contributed by atoms with E-state index < -0.39 is 0 Å². The van der Waals surface area contributed by atoms with Crippen LogP contribution < -0.4 is 0 Å². The van der Waals surface area contributed by atoms with Gasteiger partial charge >= 0.3 is 0 Å². The Kier molecular flexibility index (Phi) is 25.0. The Morgan fingerprint density at radius 2 is 0.733 bits per heavy atom. The summed E-state index contributed by atoms with van der Waals surface area (Å²) in [6, 6.07) is 0. The lowest BCUT2D eigenvalue weighted by Crippen LogP contribution is -2.08. The summed E-state index contributed by atoms with van der Waals surface area (Å²) in [5.41, 5.74) is 0. The van der Waals surface area contributed by atoms with Gasteiger partial charge in [-0.25, -0.2) is 0 Å². The van der Waals surface area contributed by atoms with Crippen molar-refractivity contribution >= 4 is 0 Å². The Morgan fingerprint density at radius 3 is 1.03 bits per heavy atom. The molecule has 0 aromatic heterocycles. The van der Waals surface area contributed by atoms with Crippen LogP contribution in [0.15, 0.2) is 0 Å². The van der Waals surface area contributed by atoms with Crippen molar-refractivity contribution in [2.75, 3.05) is 52.9 Å².